The second kappa shape index (κ2) is 5.89. The third kappa shape index (κ3) is 3.33. The van der Waals surface area contributed by atoms with Crippen molar-refractivity contribution in [2.45, 2.75) is 32.2 Å². The van der Waals surface area contributed by atoms with Crippen LogP contribution in [0.4, 0.5) is 0 Å². The number of benzene rings is 1. The van der Waals surface area contributed by atoms with E-state index in [4.69, 9.17) is 5.73 Å². The van der Waals surface area contributed by atoms with E-state index in [1.54, 1.807) is 0 Å². The molecule has 0 aliphatic heterocycles. The average molecular weight is 206 g/mol. The molecule has 0 aliphatic carbocycles. The lowest BCUT2D eigenvalue weighted by Gasteiger charge is -2.14. The molecule has 0 aromatic heterocycles. The van der Waals surface area contributed by atoms with Crippen molar-refractivity contribution in [3.05, 3.63) is 35.4 Å². The Labute approximate surface area is 92.9 Å². The van der Waals surface area contributed by atoms with Crippen LogP contribution in [0.15, 0.2) is 24.3 Å². The minimum Gasteiger partial charge on any atom is -0.323 e. The smallest absolute Gasteiger partial charge is 0.0421 e. The minimum absolute atomic E-state index is 0.0981. The largest absolute Gasteiger partial charge is 0.323 e. The van der Waals surface area contributed by atoms with E-state index in [0.29, 0.717) is 5.92 Å². The summed E-state index contributed by atoms with van der Waals surface area (Å²) >= 11 is 0. The highest BCUT2D eigenvalue weighted by atomic mass is 14.9. The second-order valence-corrected chi connectivity index (χ2v) is 4.14. The van der Waals surface area contributed by atoms with Gasteiger partial charge in [-0.1, -0.05) is 38.1 Å². The molecule has 15 heavy (non-hydrogen) atoms. The Morgan fingerprint density at radius 3 is 2.20 bits per heavy atom. The molecule has 0 heterocycles. The van der Waals surface area contributed by atoms with Crippen LogP contribution in [0, 0.1) is 0 Å². The molecule has 0 saturated carbocycles. The van der Waals surface area contributed by atoms with Crippen LogP contribution in [0.1, 0.15) is 43.4 Å². The maximum atomic E-state index is 6.00. The molecule has 1 aromatic carbocycles. The average Bonchev–Trinajstić information content (AvgIpc) is 2.28. The summed E-state index contributed by atoms with van der Waals surface area (Å²) in [5.41, 5.74) is 8.61. The molecular weight excluding hydrogens is 184 g/mol. The van der Waals surface area contributed by atoms with Crippen molar-refractivity contribution in [2.75, 3.05) is 13.6 Å². The Balaban J connectivity index is 2.71. The maximum absolute atomic E-state index is 6.00. The van der Waals surface area contributed by atoms with Crippen LogP contribution >= 0.6 is 0 Å². The number of rotatable bonds is 5. The molecule has 2 heteroatoms. The molecule has 1 aromatic rings. The van der Waals surface area contributed by atoms with Gasteiger partial charge in [0.05, 0.1) is 0 Å². The van der Waals surface area contributed by atoms with Crippen molar-refractivity contribution >= 4 is 0 Å². The zero-order chi connectivity index (χ0) is 11.3. The van der Waals surface area contributed by atoms with Gasteiger partial charge in [-0.15, -0.1) is 0 Å². The molecule has 2 atom stereocenters. The van der Waals surface area contributed by atoms with E-state index >= 15 is 0 Å². The van der Waals surface area contributed by atoms with Gasteiger partial charge in [0.25, 0.3) is 0 Å². The van der Waals surface area contributed by atoms with Crippen LogP contribution in [0.2, 0.25) is 0 Å². The maximum Gasteiger partial charge on any atom is 0.0421 e. The summed E-state index contributed by atoms with van der Waals surface area (Å²) in [5, 5.41) is 3.09. The molecule has 0 fully saturated rings. The molecule has 1 rings (SSSR count). The minimum atomic E-state index is 0.0981. The molecule has 84 valence electrons. The van der Waals surface area contributed by atoms with Crippen molar-refractivity contribution < 1.29 is 0 Å². The van der Waals surface area contributed by atoms with Crippen LogP contribution < -0.4 is 11.1 Å². The first-order valence-electron chi connectivity index (χ1n) is 5.69. The number of nitrogens with two attached hydrogens (primary N) is 1. The first-order valence-corrected chi connectivity index (χ1v) is 5.69. The van der Waals surface area contributed by atoms with Crippen molar-refractivity contribution in [2.24, 2.45) is 5.73 Å². The van der Waals surface area contributed by atoms with Crippen LogP contribution in [-0.4, -0.2) is 13.6 Å². The Bertz CT molecular complexity index is 279. The van der Waals surface area contributed by atoms with Crippen LogP contribution in [-0.2, 0) is 0 Å². The Morgan fingerprint density at radius 1 is 1.20 bits per heavy atom. The van der Waals surface area contributed by atoms with Crippen LogP contribution in [0.5, 0.6) is 0 Å². The van der Waals surface area contributed by atoms with Crippen molar-refractivity contribution in [1.82, 2.24) is 5.32 Å². The SMILES string of the molecule is CCC(C)c1ccc(C(N)CNC)cc1. The molecular formula is C13H22N2. The molecule has 0 spiro atoms. The number of nitrogens with one attached hydrogen (secondary N) is 1. The summed E-state index contributed by atoms with van der Waals surface area (Å²) in [6, 6.07) is 8.77. The van der Waals surface area contributed by atoms with E-state index in [2.05, 4.69) is 43.4 Å². The zero-order valence-electron chi connectivity index (χ0n) is 9.96. The summed E-state index contributed by atoms with van der Waals surface area (Å²) in [6.07, 6.45) is 1.18. The molecule has 0 bridgehead atoms. The van der Waals surface area contributed by atoms with Gasteiger partial charge in [-0.25, -0.2) is 0 Å². The number of hydrogen-bond donors (Lipinski definition) is 2. The summed E-state index contributed by atoms with van der Waals surface area (Å²) in [6.45, 7) is 5.29. The predicted molar refractivity (Wildman–Crippen MR) is 66.0 cm³/mol. The number of likely N-dealkylation sites (N-methyl/N-ethyl adjacent to an activating group) is 1. The molecule has 0 amide bonds. The van der Waals surface area contributed by atoms with Gasteiger partial charge in [-0.3, -0.25) is 0 Å². The van der Waals surface area contributed by atoms with Gasteiger partial charge in [-0.2, -0.15) is 0 Å². The fourth-order valence-electron chi connectivity index (χ4n) is 1.65. The Morgan fingerprint density at radius 2 is 1.73 bits per heavy atom. The zero-order valence-corrected chi connectivity index (χ0v) is 9.96. The quantitative estimate of drug-likeness (QED) is 0.776. The van der Waals surface area contributed by atoms with Crippen molar-refractivity contribution in [3.8, 4) is 0 Å². The van der Waals surface area contributed by atoms with Gasteiger partial charge in [0.2, 0.25) is 0 Å². The molecule has 2 nitrogen and oxygen atoms in total. The summed E-state index contributed by atoms with van der Waals surface area (Å²) in [4.78, 5) is 0. The second-order valence-electron chi connectivity index (χ2n) is 4.14. The van der Waals surface area contributed by atoms with Gasteiger partial charge in [0.15, 0.2) is 0 Å². The van der Waals surface area contributed by atoms with E-state index < -0.39 is 0 Å². The van der Waals surface area contributed by atoms with E-state index in [-0.39, 0.29) is 6.04 Å². The first kappa shape index (κ1) is 12.2. The standard InChI is InChI=1S/C13H22N2/c1-4-10(2)11-5-7-12(8-6-11)13(14)9-15-3/h5-8,10,13,15H,4,9,14H2,1-3H3. The summed E-state index contributed by atoms with van der Waals surface area (Å²) in [7, 11) is 1.92. The van der Waals surface area contributed by atoms with Gasteiger partial charge in [0.1, 0.15) is 0 Å². The summed E-state index contributed by atoms with van der Waals surface area (Å²) in [5.74, 6) is 0.638. The highest BCUT2D eigenvalue weighted by Gasteiger charge is 2.06. The fraction of sp³-hybridized carbons (Fsp3) is 0.538. The highest BCUT2D eigenvalue weighted by Crippen LogP contribution is 2.20. The molecule has 0 aliphatic rings. The monoisotopic (exact) mass is 206 g/mol. The highest BCUT2D eigenvalue weighted by molar-refractivity contribution is 5.27. The predicted octanol–water partition coefficient (Wildman–Crippen LogP) is 2.42. The molecule has 0 radical (unpaired) electrons. The van der Waals surface area contributed by atoms with Gasteiger partial charge in [-0.05, 0) is 30.5 Å². The van der Waals surface area contributed by atoms with E-state index in [9.17, 15) is 0 Å². The topological polar surface area (TPSA) is 38.0 Å². The Kier molecular flexibility index (Phi) is 4.79. The lowest BCUT2D eigenvalue weighted by molar-refractivity contribution is 0.652. The van der Waals surface area contributed by atoms with Gasteiger partial charge in [0, 0.05) is 12.6 Å². The van der Waals surface area contributed by atoms with E-state index in [0.717, 1.165) is 6.54 Å². The summed E-state index contributed by atoms with van der Waals surface area (Å²) < 4.78 is 0. The van der Waals surface area contributed by atoms with Crippen molar-refractivity contribution in [3.63, 3.8) is 0 Å². The molecule has 2 unspecified atom stereocenters. The third-order valence-electron chi connectivity index (χ3n) is 2.97. The third-order valence-corrected chi connectivity index (χ3v) is 2.97. The van der Waals surface area contributed by atoms with Gasteiger partial charge < -0.3 is 11.1 Å². The lowest BCUT2D eigenvalue weighted by atomic mass is 9.96. The van der Waals surface area contributed by atoms with Crippen LogP contribution in [0.25, 0.3) is 0 Å². The van der Waals surface area contributed by atoms with Crippen molar-refractivity contribution in [1.29, 1.82) is 0 Å². The molecule has 0 saturated heterocycles. The first-order chi connectivity index (χ1) is 7.19. The normalized spacial score (nSPS) is 14.9. The number of hydrogen-bond acceptors (Lipinski definition) is 2. The lowest BCUT2D eigenvalue weighted by Crippen LogP contribution is -2.23. The molecule has 3 N–H and O–H groups in total. The van der Waals surface area contributed by atoms with E-state index in [1.165, 1.54) is 17.5 Å². The van der Waals surface area contributed by atoms with Gasteiger partial charge >= 0.3 is 0 Å². The van der Waals surface area contributed by atoms with E-state index in [1.807, 2.05) is 7.05 Å². The Hall–Kier alpha value is -0.860. The fourth-order valence-corrected chi connectivity index (χ4v) is 1.65. The van der Waals surface area contributed by atoms with Crippen LogP contribution in [0.3, 0.4) is 0 Å².